The van der Waals surface area contributed by atoms with Gasteiger partial charge in [0.15, 0.2) is 0 Å². The maximum Gasteiger partial charge on any atom is 0.219 e. The molecule has 0 aromatic heterocycles. The second-order valence-corrected chi connectivity index (χ2v) is 8.03. The standard InChI is InChI=1S/C21H31FN2O3/c1-17(25)23-11-12-24(19-8-4-2-3-5-9-19)15-21(26,14-23)16-27-20-10-6-7-18(22)13-20/h6-7,10,13,19,26H,2-5,8-9,11-12,14-16H2,1H3/t21-/m0/s1. The lowest BCUT2D eigenvalue weighted by atomic mass is 10.0. The Morgan fingerprint density at radius 2 is 1.96 bits per heavy atom. The summed E-state index contributed by atoms with van der Waals surface area (Å²) in [5.41, 5.74) is -1.18. The van der Waals surface area contributed by atoms with Gasteiger partial charge in [0.25, 0.3) is 0 Å². The molecule has 1 aliphatic heterocycles. The Labute approximate surface area is 161 Å². The van der Waals surface area contributed by atoms with Gasteiger partial charge in [0.05, 0.1) is 6.54 Å². The number of halogens is 1. The van der Waals surface area contributed by atoms with Crippen molar-refractivity contribution in [2.75, 3.05) is 32.8 Å². The maximum absolute atomic E-state index is 13.4. The molecule has 0 bridgehead atoms. The van der Waals surface area contributed by atoms with Crippen molar-refractivity contribution in [3.05, 3.63) is 30.1 Å². The highest BCUT2D eigenvalue weighted by Crippen LogP contribution is 2.26. The van der Waals surface area contributed by atoms with Gasteiger partial charge < -0.3 is 14.7 Å². The lowest BCUT2D eigenvalue weighted by Gasteiger charge is -2.36. The zero-order chi connectivity index (χ0) is 19.3. The lowest BCUT2D eigenvalue weighted by Crippen LogP contribution is -2.53. The van der Waals surface area contributed by atoms with Gasteiger partial charge >= 0.3 is 0 Å². The number of nitrogens with zero attached hydrogens (tertiary/aromatic N) is 2. The van der Waals surface area contributed by atoms with Crippen LogP contribution in [0.1, 0.15) is 45.4 Å². The van der Waals surface area contributed by atoms with Gasteiger partial charge in [-0.05, 0) is 25.0 Å². The number of ether oxygens (including phenoxy) is 1. The minimum absolute atomic E-state index is 0.0312. The molecule has 0 spiro atoms. The fourth-order valence-corrected chi connectivity index (χ4v) is 4.26. The van der Waals surface area contributed by atoms with Crippen LogP contribution in [0.2, 0.25) is 0 Å². The highest BCUT2D eigenvalue weighted by atomic mass is 19.1. The van der Waals surface area contributed by atoms with Crippen LogP contribution in [0.4, 0.5) is 4.39 Å². The molecule has 2 aliphatic rings. The number of carbonyl (C=O) groups is 1. The van der Waals surface area contributed by atoms with Crippen molar-refractivity contribution < 1.29 is 19.0 Å². The molecular formula is C21H31FN2O3. The minimum Gasteiger partial charge on any atom is -0.490 e. The number of β-amino-alcohol motifs (C(OH)–C–C–N with tert-alkyl or cyclic N) is 1. The molecule has 1 aromatic carbocycles. The van der Waals surface area contributed by atoms with Gasteiger partial charge in [-0.2, -0.15) is 0 Å². The minimum atomic E-state index is -1.18. The van der Waals surface area contributed by atoms with Crippen molar-refractivity contribution in [1.29, 1.82) is 0 Å². The van der Waals surface area contributed by atoms with E-state index in [1.165, 1.54) is 44.7 Å². The molecule has 3 rings (SSSR count). The summed E-state index contributed by atoms with van der Waals surface area (Å²) < 4.78 is 19.1. The second-order valence-electron chi connectivity index (χ2n) is 8.03. The summed E-state index contributed by atoms with van der Waals surface area (Å²) in [6.07, 6.45) is 7.27. The first kappa shape index (κ1) is 20.1. The van der Waals surface area contributed by atoms with E-state index in [1.807, 2.05) is 0 Å². The number of carbonyl (C=O) groups excluding carboxylic acids is 1. The molecule has 1 saturated heterocycles. The number of benzene rings is 1. The molecule has 1 aromatic rings. The van der Waals surface area contributed by atoms with Crippen LogP contribution in [-0.4, -0.2) is 65.2 Å². The molecule has 5 nitrogen and oxygen atoms in total. The van der Waals surface area contributed by atoms with Crippen molar-refractivity contribution in [3.63, 3.8) is 0 Å². The smallest absolute Gasteiger partial charge is 0.219 e. The number of amides is 1. The predicted molar refractivity (Wildman–Crippen MR) is 102 cm³/mol. The molecule has 150 valence electrons. The van der Waals surface area contributed by atoms with Gasteiger partial charge in [0.1, 0.15) is 23.8 Å². The predicted octanol–water partition coefficient (Wildman–Crippen LogP) is 2.82. The molecule has 27 heavy (non-hydrogen) atoms. The topological polar surface area (TPSA) is 53.0 Å². The van der Waals surface area contributed by atoms with E-state index in [-0.39, 0.29) is 24.9 Å². The first-order chi connectivity index (χ1) is 13.0. The van der Waals surface area contributed by atoms with Gasteiger partial charge in [0, 0.05) is 38.7 Å². The largest absolute Gasteiger partial charge is 0.490 e. The fourth-order valence-electron chi connectivity index (χ4n) is 4.26. The number of rotatable bonds is 4. The van der Waals surface area contributed by atoms with E-state index in [0.29, 0.717) is 24.9 Å². The zero-order valence-corrected chi connectivity index (χ0v) is 16.2. The first-order valence-electron chi connectivity index (χ1n) is 10.1. The fraction of sp³-hybridized carbons (Fsp3) is 0.667. The van der Waals surface area contributed by atoms with Crippen LogP contribution in [0.3, 0.4) is 0 Å². The highest BCUT2D eigenvalue weighted by Gasteiger charge is 2.38. The lowest BCUT2D eigenvalue weighted by molar-refractivity contribution is -0.132. The van der Waals surface area contributed by atoms with E-state index >= 15 is 0 Å². The van der Waals surface area contributed by atoms with Crippen molar-refractivity contribution >= 4 is 5.91 Å². The Hall–Kier alpha value is -1.66. The SMILES string of the molecule is CC(=O)N1CCN(C2CCCCCC2)C[C@](O)(COc2cccc(F)c2)C1. The summed E-state index contributed by atoms with van der Waals surface area (Å²) >= 11 is 0. The van der Waals surface area contributed by atoms with Crippen LogP contribution in [0.5, 0.6) is 5.75 Å². The van der Waals surface area contributed by atoms with Gasteiger partial charge in [-0.1, -0.05) is 31.7 Å². The molecule has 1 atom stereocenters. The van der Waals surface area contributed by atoms with Crippen LogP contribution in [0, 0.1) is 5.82 Å². The second kappa shape index (κ2) is 9.02. The van der Waals surface area contributed by atoms with E-state index in [0.717, 1.165) is 19.4 Å². The van der Waals surface area contributed by atoms with Crippen LogP contribution in [0.15, 0.2) is 24.3 Å². The van der Waals surface area contributed by atoms with E-state index in [4.69, 9.17) is 4.74 Å². The monoisotopic (exact) mass is 378 g/mol. The summed E-state index contributed by atoms with van der Waals surface area (Å²) in [4.78, 5) is 16.0. The summed E-state index contributed by atoms with van der Waals surface area (Å²) in [7, 11) is 0. The Balaban J connectivity index is 1.72. The Bertz CT molecular complexity index is 634. The third-order valence-corrected chi connectivity index (χ3v) is 5.73. The van der Waals surface area contributed by atoms with Crippen LogP contribution < -0.4 is 4.74 Å². The molecule has 1 N–H and O–H groups in total. The normalized spacial score (nSPS) is 25.7. The Morgan fingerprint density at radius 1 is 1.22 bits per heavy atom. The van der Waals surface area contributed by atoms with Crippen molar-refractivity contribution in [3.8, 4) is 5.75 Å². The zero-order valence-electron chi connectivity index (χ0n) is 16.2. The number of hydrogen-bond acceptors (Lipinski definition) is 4. The summed E-state index contributed by atoms with van der Waals surface area (Å²) in [5.74, 6) is -0.0178. The van der Waals surface area contributed by atoms with E-state index in [1.54, 1.807) is 17.0 Å². The third kappa shape index (κ3) is 5.66. The molecule has 1 amide bonds. The van der Waals surface area contributed by atoms with E-state index in [9.17, 15) is 14.3 Å². The summed E-state index contributed by atoms with van der Waals surface area (Å²) in [5, 5.41) is 11.3. The first-order valence-corrected chi connectivity index (χ1v) is 10.1. The van der Waals surface area contributed by atoms with Gasteiger partial charge in [-0.25, -0.2) is 4.39 Å². The molecule has 0 unspecified atom stereocenters. The van der Waals surface area contributed by atoms with E-state index < -0.39 is 5.60 Å². The molecule has 2 fully saturated rings. The molecular weight excluding hydrogens is 347 g/mol. The van der Waals surface area contributed by atoms with Gasteiger partial charge in [-0.15, -0.1) is 0 Å². The van der Waals surface area contributed by atoms with Crippen molar-refractivity contribution in [2.24, 2.45) is 0 Å². The maximum atomic E-state index is 13.4. The molecule has 6 heteroatoms. The quantitative estimate of drug-likeness (QED) is 0.819. The van der Waals surface area contributed by atoms with Crippen LogP contribution >= 0.6 is 0 Å². The van der Waals surface area contributed by atoms with Crippen molar-refractivity contribution in [2.45, 2.75) is 57.1 Å². The van der Waals surface area contributed by atoms with Crippen LogP contribution in [0.25, 0.3) is 0 Å². The highest BCUT2D eigenvalue weighted by molar-refractivity contribution is 5.73. The third-order valence-electron chi connectivity index (χ3n) is 5.73. The van der Waals surface area contributed by atoms with Crippen LogP contribution in [-0.2, 0) is 4.79 Å². The average molecular weight is 378 g/mol. The molecule has 1 aliphatic carbocycles. The Kier molecular flexibility index (Phi) is 6.71. The van der Waals surface area contributed by atoms with Crippen molar-refractivity contribution in [1.82, 2.24) is 9.80 Å². The van der Waals surface area contributed by atoms with Gasteiger partial charge in [0.2, 0.25) is 5.91 Å². The number of hydrogen-bond donors (Lipinski definition) is 1. The average Bonchev–Trinajstić information content (AvgIpc) is 3.00. The molecule has 1 heterocycles. The van der Waals surface area contributed by atoms with Gasteiger partial charge in [-0.3, -0.25) is 9.69 Å². The Morgan fingerprint density at radius 3 is 2.63 bits per heavy atom. The van der Waals surface area contributed by atoms with E-state index in [2.05, 4.69) is 4.90 Å². The summed E-state index contributed by atoms with van der Waals surface area (Å²) in [6, 6.07) is 6.38. The molecule has 0 radical (unpaired) electrons. The molecule has 1 saturated carbocycles. The summed E-state index contributed by atoms with van der Waals surface area (Å²) in [6.45, 7) is 3.66. The number of aliphatic hydroxyl groups is 1.